The van der Waals surface area contributed by atoms with E-state index in [0.29, 0.717) is 23.0 Å². The van der Waals surface area contributed by atoms with Crippen molar-refractivity contribution in [2.75, 3.05) is 45.7 Å². The second kappa shape index (κ2) is 7.53. The maximum Gasteiger partial charge on any atom is 0.350 e. The summed E-state index contributed by atoms with van der Waals surface area (Å²) in [6, 6.07) is 1.72. The second-order valence-electron chi connectivity index (χ2n) is 5.15. The zero-order valence-corrected chi connectivity index (χ0v) is 13.2. The number of carbonyl (C=O) groups excluding carboxylic acids is 2. The van der Waals surface area contributed by atoms with Gasteiger partial charge in [-0.25, -0.2) is 4.79 Å². The minimum atomic E-state index is -0.421. The zero-order valence-electron chi connectivity index (χ0n) is 12.3. The molecule has 0 aliphatic carbocycles. The summed E-state index contributed by atoms with van der Waals surface area (Å²) in [5, 5.41) is 7.73. The summed E-state index contributed by atoms with van der Waals surface area (Å²) in [7, 11) is 3.28. The molecule has 1 atom stereocenters. The number of likely N-dealkylation sites (tertiary alicyclic amines) is 1. The number of nitrogens with one attached hydrogen (secondary N) is 2. The third kappa shape index (κ3) is 4.26. The molecule has 116 valence electrons. The van der Waals surface area contributed by atoms with Gasteiger partial charge in [-0.1, -0.05) is 0 Å². The Hall–Kier alpha value is -1.44. The van der Waals surface area contributed by atoms with E-state index in [9.17, 15) is 9.59 Å². The van der Waals surface area contributed by atoms with Gasteiger partial charge in [0.25, 0.3) is 0 Å². The van der Waals surface area contributed by atoms with Crippen LogP contribution in [0.3, 0.4) is 0 Å². The molecule has 2 rings (SSSR count). The van der Waals surface area contributed by atoms with E-state index < -0.39 is 5.97 Å². The summed E-state index contributed by atoms with van der Waals surface area (Å²) < 4.78 is 4.69. The minimum Gasteiger partial charge on any atom is -0.465 e. The number of thiophene rings is 1. The molecule has 1 amide bonds. The first-order valence-electron chi connectivity index (χ1n) is 6.96. The van der Waals surface area contributed by atoms with Crippen molar-refractivity contribution < 1.29 is 14.3 Å². The van der Waals surface area contributed by atoms with Crippen LogP contribution in [-0.4, -0.2) is 57.1 Å². The van der Waals surface area contributed by atoms with Crippen LogP contribution < -0.4 is 10.6 Å². The second-order valence-corrected chi connectivity index (χ2v) is 6.07. The fraction of sp³-hybridized carbons (Fsp3) is 0.571. The normalized spacial score (nSPS) is 18.7. The van der Waals surface area contributed by atoms with E-state index in [4.69, 9.17) is 4.74 Å². The molecule has 0 bridgehead atoms. The third-order valence-corrected chi connectivity index (χ3v) is 4.43. The van der Waals surface area contributed by atoms with Gasteiger partial charge in [0.1, 0.15) is 4.88 Å². The number of nitrogens with zero attached hydrogens (tertiary/aromatic N) is 1. The fourth-order valence-corrected chi connectivity index (χ4v) is 3.33. The average molecular weight is 311 g/mol. The van der Waals surface area contributed by atoms with E-state index >= 15 is 0 Å². The Morgan fingerprint density at radius 3 is 3.05 bits per heavy atom. The van der Waals surface area contributed by atoms with E-state index in [1.165, 1.54) is 18.4 Å². The van der Waals surface area contributed by atoms with Crippen LogP contribution in [0.15, 0.2) is 11.4 Å². The highest BCUT2D eigenvalue weighted by molar-refractivity contribution is 7.12. The number of anilines is 1. The van der Waals surface area contributed by atoms with Crippen molar-refractivity contribution in [2.45, 2.75) is 6.42 Å². The highest BCUT2D eigenvalue weighted by atomic mass is 32.1. The van der Waals surface area contributed by atoms with Crippen molar-refractivity contribution in [2.24, 2.45) is 5.92 Å². The van der Waals surface area contributed by atoms with Gasteiger partial charge in [-0.15, -0.1) is 11.3 Å². The lowest BCUT2D eigenvalue weighted by Gasteiger charge is -2.15. The lowest BCUT2D eigenvalue weighted by molar-refractivity contribution is -0.117. The number of carbonyl (C=O) groups is 2. The summed E-state index contributed by atoms with van der Waals surface area (Å²) in [6.45, 7) is 3.21. The molecule has 1 saturated heterocycles. The Bertz CT molecular complexity index is 503. The standard InChI is InChI=1S/C14H21N3O3S/c1-15-7-10-3-5-17(8-10)9-12(18)16-11-4-6-21-13(11)14(19)20-2/h4,6,10,15H,3,5,7-9H2,1-2H3,(H,16,18). The predicted octanol–water partition coefficient (Wildman–Crippen LogP) is 1.01. The van der Waals surface area contributed by atoms with Crippen molar-refractivity contribution in [1.82, 2.24) is 10.2 Å². The van der Waals surface area contributed by atoms with Gasteiger partial charge in [0.2, 0.25) is 5.91 Å². The Morgan fingerprint density at radius 1 is 1.52 bits per heavy atom. The van der Waals surface area contributed by atoms with Crippen LogP contribution in [0, 0.1) is 5.92 Å². The van der Waals surface area contributed by atoms with Crippen molar-refractivity contribution in [3.05, 3.63) is 16.3 Å². The number of amides is 1. The van der Waals surface area contributed by atoms with E-state index in [-0.39, 0.29) is 5.91 Å². The summed E-state index contributed by atoms with van der Waals surface area (Å²) in [5.41, 5.74) is 0.530. The van der Waals surface area contributed by atoms with Gasteiger partial charge in [-0.05, 0) is 43.9 Å². The highest BCUT2D eigenvalue weighted by Crippen LogP contribution is 2.23. The van der Waals surface area contributed by atoms with Crippen LogP contribution in [0.25, 0.3) is 0 Å². The first kappa shape index (κ1) is 15.9. The molecular weight excluding hydrogens is 290 g/mol. The first-order chi connectivity index (χ1) is 10.1. The van der Waals surface area contributed by atoms with Crippen molar-refractivity contribution in [3.8, 4) is 0 Å². The number of methoxy groups -OCH3 is 1. The van der Waals surface area contributed by atoms with Crippen LogP contribution in [0.2, 0.25) is 0 Å². The molecule has 1 aliphatic heterocycles. The molecule has 1 aromatic heterocycles. The molecule has 7 heteroatoms. The molecule has 1 aromatic rings. The van der Waals surface area contributed by atoms with Gasteiger partial charge in [0, 0.05) is 6.54 Å². The van der Waals surface area contributed by atoms with Crippen LogP contribution >= 0.6 is 11.3 Å². The number of hydrogen-bond donors (Lipinski definition) is 2. The first-order valence-corrected chi connectivity index (χ1v) is 7.84. The van der Waals surface area contributed by atoms with Crippen molar-refractivity contribution in [3.63, 3.8) is 0 Å². The van der Waals surface area contributed by atoms with Gasteiger partial charge in [0.05, 0.1) is 19.3 Å². The Morgan fingerprint density at radius 2 is 2.33 bits per heavy atom. The maximum atomic E-state index is 12.1. The minimum absolute atomic E-state index is 0.0938. The van der Waals surface area contributed by atoms with Gasteiger partial charge < -0.3 is 15.4 Å². The van der Waals surface area contributed by atoms with Gasteiger partial charge in [0.15, 0.2) is 0 Å². The summed E-state index contributed by atoms with van der Waals surface area (Å²) in [4.78, 5) is 26.2. The molecule has 0 aromatic carbocycles. The molecule has 2 heterocycles. The maximum absolute atomic E-state index is 12.1. The number of esters is 1. The number of ether oxygens (including phenoxy) is 1. The molecule has 1 fully saturated rings. The third-order valence-electron chi connectivity index (χ3n) is 3.54. The Kier molecular flexibility index (Phi) is 5.72. The quantitative estimate of drug-likeness (QED) is 0.768. The van der Waals surface area contributed by atoms with Gasteiger partial charge >= 0.3 is 5.97 Å². The van der Waals surface area contributed by atoms with Crippen LogP contribution in [0.4, 0.5) is 5.69 Å². The largest absolute Gasteiger partial charge is 0.465 e. The Balaban J connectivity index is 1.85. The van der Waals surface area contributed by atoms with Crippen LogP contribution in [-0.2, 0) is 9.53 Å². The lowest BCUT2D eigenvalue weighted by atomic mass is 10.1. The van der Waals surface area contributed by atoms with Crippen molar-refractivity contribution >= 4 is 28.9 Å². The molecule has 1 aliphatic rings. The summed E-state index contributed by atoms with van der Waals surface area (Å²) >= 11 is 1.26. The van der Waals surface area contributed by atoms with Crippen LogP contribution in [0.5, 0.6) is 0 Å². The monoisotopic (exact) mass is 311 g/mol. The molecule has 21 heavy (non-hydrogen) atoms. The summed E-state index contributed by atoms with van der Waals surface area (Å²) in [5.74, 6) is 0.0915. The highest BCUT2D eigenvalue weighted by Gasteiger charge is 2.24. The zero-order chi connectivity index (χ0) is 15.2. The average Bonchev–Trinajstić information content (AvgIpc) is 3.08. The molecule has 6 nitrogen and oxygen atoms in total. The summed E-state index contributed by atoms with van der Waals surface area (Å²) in [6.07, 6.45) is 1.11. The van der Waals surface area contributed by atoms with Crippen LogP contribution in [0.1, 0.15) is 16.1 Å². The SMILES string of the molecule is CNCC1CCN(CC(=O)Nc2ccsc2C(=O)OC)C1. The molecule has 0 saturated carbocycles. The van der Waals surface area contributed by atoms with E-state index in [1.807, 2.05) is 7.05 Å². The molecule has 1 unspecified atom stereocenters. The Labute approximate surface area is 128 Å². The van der Waals surface area contributed by atoms with Gasteiger partial charge in [-0.2, -0.15) is 0 Å². The fourth-order valence-electron chi connectivity index (χ4n) is 2.56. The van der Waals surface area contributed by atoms with Gasteiger partial charge in [-0.3, -0.25) is 9.69 Å². The lowest BCUT2D eigenvalue weighted by Crippen LogP contribution is -2.32. The van der Waals surface area contributed by atoms with E-state index in [1.54, 1.807) is 11.4 Å². The van der Waals surface area contributed by atoms with E-state index in [0.717, 1.165) is 26.1 Å². The topological polar surface area (TPSA) is 70.7 Å². The van der Waals surface area contributed by atoms with Crippen molar-refractivity contribution in [1.29, 1.82) is 0 Å². The number of hydrogen-bond acceptors (Lipinski definition) is 6. The molecule has 0 spiro atoms. The predicted molar refractivity (Wildman–Crippen MR) is 82.8 cm³/mol. The molecule has 0 radical (unpaired) electrons. The van der Waals surface area contributed by atoms with E-state index in [2.05, 4.69) is 15.5 Å². The molecular formula is C14H21N3O3S. The smallest absolute Gasteiger partial charge is 0.350 e. The number of rotatable bonds is 6. The molecule has 2 N–H and O–H groups in total.